The quantitative estimate of drug-likeness (QED) is 0.804. The van der Waals surface area contributed by atoms with E-state index in [-0.39, 0.29) is 10.9 Å². The molecule has 0 aromatic heterocycles. The van der Waals surface area contributed by atoms with Crippen LogP contribution in [-0.2, 0) is 0 Å². The molecule has 2 aromatic carbocycles. The van der Waals surface area contributed by atoms with Gasteiger partial charge in [0, 0.05) is 21.3 Å². The molecule has 2 aromatic rings. The Morgan fingerprint density at radius 2 is 1.90 bits per heavy atom. The number of hydrogen-bond acceptors (Lipinski definition) is 2. The van der Waals surface area contributed by atoms with Gasteiger partial charge < -0.3 is 11.1 Å². The van der Waals surface area contributed by atoms with Crippen LogP contribution in [0.3, 0.4) is 0 Å². The van der Waals surface area contributed by atoms with Crippen LogP contribution in [-0.4, -0.2) is 10.9 Å². The zero-order chi connectivity index (χ0) is 14.7. The van der Waals surface area contributed by atoms with Crippen LogP contribution in [0.1, 0.15) is 15.9 Å². The summed E-state index contributed by atoms with van der Waals surface area (Å²) in [5.74, 6) is -0.249. The maximum absolute atomic E-state index is 12.1. The number of hydrogen-bond donors (Lipinski definition) is 2. The molecular weight excluding hydrogens is 360 g/mol. The van der Waals surface area contributed by atoms with Crippen molar-refractivity contribution in [3.63, 3.8) is 0 Å². The molecule has 0 unspecified atom stereocenters. The van der Waals surface area contributed by atoms with Gasteiger partial charge in [-0.05, 0) is 46.3 Å². The number of rotatable bonds is 3. The molecular formula is C14H10BrClN2OS. The fourth-order valence-corrected chi connectivity index (χ4v) is 2.14. The van der Waals surface area contributed by atoms with Crippen LogP contribution in [0, 0.1) is 0 Å². The van der Waals surface area contributed by atoms with Gasteiger partial charge in [0.15, 0.2) is 0 Å². The van der Waals surface area contributed by atoms with E-state index in [0.29, 0.717) is 21.8 Å². The van der Waals surface area contributed by atoms with E-state index < -0.39 is 0 Å². The first-order valence-electron chi connectivity index (χ1n) is 5.63. The maximum Gasteiger partial charge on any atom is 0.255 e. The van der Waals surface area contributed by atoms with Gasteiger partial charge in [0.25, 0.3) is 5.91 Å². The molecule has 1 amide bonds. The number of carbonyl (C=O) groups excluding carboxylic acids is 1. The average Bonchev–Trinajstić information content (AvgIpc) is 2.43. The number of thiocarbonyl (C=S) groups is 1. The first kappa shape index (κ1) is 15.0. The smallest absolute Gasteiger partial charge is 0.255 e. The summed E-state index contributed by atoms with van der Waals surface area (Å²) in [4.78, 5) is 12.4. The van der Waals surface area contributed by atoms with Gasteiger partial charge in [0.2, 0.25) is 0 Å². The highest BCUT2D eigenvalue weighted by atomic mass is 79.9. The number of halogens is 2. The lowest BCUT2D eigenvalue weighted by molar-refractivity contribution is 0.102. The van der Waals surface area contributed by atoms with Crippen molar-refractivity contribution in [3.05, 3.63) is 63.1 Å². The van der Waals surface area contributed by atoms with Crippen LogP contribution in [0.2, 0.25) is 5.02 Å². The van der Waals surface area contributed by atoms with Gasteiger partial charge in [-0.1, -0.05) is 36.0 Å². The van der Waals surface area contributed by atoms with E-state index in [1.807, 2.05) is 0 Å². The molecule has 3 nitrogen and oxygen atoms in total. The van der Waals surface area contributed by atoms with Gasteiger partial charge in [-0.3, -0.25) is 4.79 Å². The Morgan fingerprint density at radius 1 is 1.20 bits per heavy atom. The molecule has 0 heterocycles. The molecule has 0 saturated carbocycles. The minimum Gasteiger partial charge on any atom is -0.389 e. The highest BCUT2D eigenvalue weighted by molar-refractivity contribution is 9.10. The average molecular weight is 370 g/mol. The molecule has 0 spiro atoms. The molecule has 20 heavy (non-hydrogen) atoms. The monoisotopic (exact) mass is 368 g/mol. The Hall–Kier alpha value is -1.43. The lowest BCUT2D eigenvalue weighted by Gasteiger charge is -2.07. The van der Waals surface area contributed by atoms with Crippen LogP contribution >= 0.6 is 39.7 Å². The highest BCUT2D eigenvalue weighted by Gasteiger charge is 2.08. The molecule has 0 aliphatic heterocycles. The molecule has 6 heteroatoms. The zero-order valence-electron chi connectivity index (χ0n) is 10.2. The maximum atomic E-state index is 12.1. The molecule has 0 aliphatic rings. The molecule has 0 saturated heterocycles. The van der Waals surface area contributed by atoms with E-state index in [9.17, 15) is 4.79 Å². The zero-order valence-corrected chi connectivity index (χ0v) is 13.3. The van der Waals surface area contributed by atoms with Gasteiger partial charge in [-0.2, -0.15) is 0 Å². The minimum atomic E-state index is -0.249. The van der Waals surface area contributed by atoms with Crippen molar-refractivity contribution in [3.8, 4) is 0 Å². The Labute approximate surface area is 135 Å². The van der Waals surface area contributed by atoms with Crippen molar-refractivity contribution in [2.45, 2.75) is 0 Å². The van der Waals surface area contributed by atoms with Crippen molar-refractivity contribution in [2.75, 3.05) is 5.32 Å². The standard InChI is InChI=1S/C14H10BrClN2OS/c15-11-5-4-10(7-12(11)16)18-14(19)9-3-1-2-8(6-9)13(17)20/h1-7H,(H2,17,20)(H,18,19). The third-order valence-electron chi connectivity index (χ3n) is 2.59. The predicted octanol–water partition coefficient (Wildman–Crippen LogP) is 3.99. The number of amides is 1. The first-order chi connectivity index (χ1) is 9.47. The highest BCUT2D eigenvalue weighted by Crippen LogP contribution is 2.25. The van der Waals surface area contributed by atoms with Gasteiger partial charge in [0.05, 0.1) is 5.02 Å². The SMILES string of the molecule is NC(=S)c1cccc(C(=O)Nc2ccc(Br)c(Cl)c2)c1. The van der Waals surface area contributed by atoms with Gasteiger partial charge in [-0.15, -0.1) is 0 Å². The summed E-state index contributed by atoms with van der Waals surface area (Å²) < 4.78 is 0.771. The molecule has 0 radical (unpaired) electrons. The van der Waals surface area contributed by atoms with Crippen molar-refractivity contribution in [1.29, 1.82) is 0 Å². The summed E-state index contributed by atoms with van der Waals surface area (Å²) in [5.41, 5.74) is 7.30. The third-order valence-corrected chi connectivity index (χ3v) is 4.05. The normalized spacial score (nSPS) is 10.1. The number of anilines is 1. The minimum absolute atomic E-state index is 0.249. The number of nitrogens with two attached hydrogens (primary N) is 1. The fourth-order valence-electron chi connectivity index (χ4n) is 1.59. The van der Waals surface area contributed by atoms with Gasteiger partial charge in [-0.25, -0.2) is 0 Å². The molecule has 0 aliphatic carbocycles. The predicted molar refractivity (Wildman–Crippen MR) is 89.4 cm³/mol. The van der Waals surface area contributed by atoms with Crippen molar-refractivity contribution in [2.24, 2.45) is 5.73 Å². The van der Waals surface area contributed by atoms with Crippen molar-refractivity contribution in [1.82, 2.24) is 0 Å². The van der Waals surface area contributed by atoms with E-state index in [2.05, 4.69) is 21.2 Å². The van der Waals surface area contributed by atoms with Crippen LogP contribution in [0.15, 0.2) is 46.9 Å². The molecule has 102 valence electrons. The van der Waals surface area contributed by atoms with E-state index in [0.717, 1.165) is 4.47 Å². The van der Waals surface area contributed by atoms with Crippen LogP contribution in [0.25, 0.3) is 0 Å². The second kappa shape index (κ2) is 6.35. The summed E-state index contributed by atoms with van der Waals surface area (Å²) in [6.07, 6.45) is 0. The molecule has 0 fully saturated rings. The number of carbonyl (C=O) groups is 1. The Balaban J connectivity index is 2.21. The van der Waals surface area contributed by atoms with Gasteiger partial charge >= 0.3 is 0 Å². The molecule has 2 rings (SSSR count). The van der Waals surface area contributed by atoms with E-state index >= 15 is 0 Å². The Kier molecular flexibility index (Phi) is 4.75. The summed E-state index contributed by atoms with van der Waals surface area (Å²) >= 11 is 14.2. The van der Waals surface area contributed by atoms with Crippen molar-refractivity contribution < 1.29 is 4.79 Å². The number of benzene rings is 2. The number of nitrogens with one attached hydrogen (secondary N) is 1. The van der Waals surface area contributed by atoms with E-state index in [4.69, 9.17) is 29.6 Å². The van der Waals surface area contributed by atoms with Crippen LogP contribution < -0.4 is 11.1 Å². The molecule has 3 N–H and O–H groups in total. The van der Waals surface area contributed by atoms with E-state index in [1.54, 1.807) is 42.5 Å². The summed E-state index contributed by atoms with van der Waals surface area (Å²) in [5, 5.41) is 3.29. The Bertz CT molecular complexity index is 691. The first-order valence-corrected chi connectivity index (χ1v) is 7.21. The molecule has 0 atom stereocenters. The summed E-state index contributed by atoms with van der Waals surface area (Å²) in [6, 6.07) is 12.0. The molecule has 0 bridgehead atoms. The second-order valence-corrected chi connectivity index (χ2v) is 5.73. The summed E-state index contributed by atoms with van der Waals surface area (Å²) in [7, 11) is 0. The second-order valence-electron chi connectivity index (χ2n) is 4.03. The van der Waals surface area contributed by atoms with Gasteiger partial charge in [0.1, 0.15) is 4.99 Å². The Morgan fingerprint density at radius 3 is 2.55 bits per heavy atom. The topological polar surface area (TPSA) is 55.1 Å². The lowest BCUT2D eigenvalue weighted by Crippen LogP contribution is -2.14. The largest absolute Gasteiger partial charge is 0.389 e. The lowest BCUT2D eigenvalue weighted by atomic mass is 10.1. The fraction of sp³-hybridized carbons (Fsp3) is 0. The van der Waals surface area contributed by atoms with Crippen molar-refractivity contribution >= 4 is 56.3 Å². The van der Waals surface area contributed by atoms with Crippen LogP contribution in [0.5, 0.6) is 0 Å². The third kappa shape index (κ3) is 3.56. The van der Waals surface area contributed by atoms with Crippen LogP contribution in [0.4, 0.5) is 5.69 Å². The van der Waals surface area contributed by atoms with E-state index in [1.165, 1.54) is 0 Å². The summed E-state index contributed by atoms with van der Waals surface area (Å²) in [6.45, 7) is 0.